The fourth-order valence-corrected chi connectivity index (χ4v) is 7.00. The second-order valence-electron chi connectivity index (χ2n) is 10.3. The first kappa shape index (κ1) is 25.8. The Bertz CT molecular complexity index is 2030. The van der Waals surface area contributed by atoms with Crippen LogP contribution in [0.5, 0.6) is 0 Å². The molecule has 4 heterocycles. The lowest BCUT2D eigenvalue weighted by molar-refractivity contribution is -0.121. The van der Waals surface area contributed by atoms with E-state index < -0.39 is 28.8 Å². The van der Waals surface area contributed by atoms with Gasteiger partial charge in [0.1, 0.15) is 10.5 Å². The molecular weight excluding hydrogens is 554 g/mol. The lowest BCUT2D eigenvalue weighted by Gasteiger charge is -2.32. The van der Waals surface area contributed by atoms with Crippen LogP contribution in [0.1, 0.15) is 48.2 Å². The molecule has 0 saturated heterocycles. The number of hydrogen-bond donors (Lipinski definition) is 0. The molecule has 2 aliphatic heterocycles. The first-order valence-electron chi connectivity index (χ1n) is 13.2. The monoisotopic (exact) mass is 577 g/mol. The van der Waals surface area contributed by atoms with Crippen molar-refractivity contribution in [3.63, 3.8) is 0 Å². The summed E-state index contributed by atoms with van der Waals surface area (Å²) in [6.45, 7) is 3.68. The maximum Gasteiger partial charge on any atom is 0.350 e. The van der Waals surface area contributed by atoms with Crippen molar-refractivity contribution in [3.8, 4) is 0 Å². The molecule has 2 amide bonds. The average Bonchev–Trinajstić information content (AvgIpc) is 3.58. The Labute approximate surface area is 243 Å². The summed E-state index contributed by atoms with van der Waals surface area (Å²) in [5.41, 5.74) is 0.824. The first-order valence-corrected chi connectivity index (χ1v) is 14.0. The molecule has 2 aliphatic rings. The van der Waals surface area contributed by atoms with Crippen LogP contribution in [-0.2, 0) is 21.6 Å². The van der Waals surface area contributed by atoms with Gasteiger partial charge in [0.15, 0.2) is 16.1 Å². The topological polar surface area (TPSA) is 110 Å². The van der Waals surface area contributed by atoms with E-state index in [0.717, 1.165) is 22.5 Å². The minimum Gasteiger partial charge on any atom is -0.465 e. The number of hydrogen-bond acceptors (Lipinski definition) is 8. The zero-order valence-electron chi connectivity index (χ0n) is 22.8. The molecule has 2 aromatic heterocycles. The Kier molecular flexibility index (Phi) is 5.67. The predicted molar refractivity (Wildman–Crippen MR) is 157 cm³/mol. The molecular formula is C32H23N3O6S. The van der Waals surface area contributed by atoms with E-state index in [9.17, 15) is 19.2 Å². The summed E-state index contributed by atoms with van der Waals surface area (Å²) in [5, 5.41) is 0.341. The van der Waals surface area contributed by atoms with E-state index in [1.54, 1.807) is 54.3 Å². The lowest BCUT2D eigenvalue weighted by Crippen LogP contribution is -2.53. The third-order valence-corrected chi connectivity index (χ3v) is 8.93. The van der Waals surface area contributed by atoms with Crippen LogP contribution < -0.4 is 15.2 Å². The van der Waals surface area contributed by atoms with Crippen molar-refractivity contribution >= 4 is 50.9 Å². The van der Waals surface area contributed by atoms with Gasteiger partial charge in [-0.05, 0) is 37.6 Å². The highest BCUT2D eigenvalue weighted by molar-refractivity contribution is 7.17. The zero-order valence-corrected chi connectivity index (χ0v) is 23.7. The van der Waals surface area contributed by atoms with E-state index in [4.69, 9.17) is 9.15 Å². The molecule has 5 aromatic rings. The number of thiazole rings is 1. The Morgan fingerprint density at radius 3 is 2.50 bits per heavy atom. The van der Waals surface area contributed by atoms with Crippen LogP contribution in [0.3, 0.4) is 0 Å². The Morgan fingerprint density at radius 1 is 1.00 bits per heavy atom. The van der Waals surface area contributed by atoms with Gasteiger partial charge in [-0.15, -0.1) is 0 Å². The number of ether oxygens (including phenoxy) is 1. The van der Waals surface area contributed by atoms with Gasteiger partial charge in [-0.1, -0.05) is 71.5 Å². The summed E-state index contributed by atoms with van der Waals surface area (Å²) in [7, 11) is 1.26. The molecule has 0 fully saturated rings. The second-order valence-corrected chi connectivity index (χ2v) is 11.3. The van der Waals surface area contributed by atoms with E-state index in [1.165, 1.54) is 12.0 Å². The summed E-state index contributed by atoms with van der Waals surface area (Å²) in [5.74, 6) is -2.03. The van der Waals surface area contributed by atoms with E-state index >= 15 is 0 Å². The number of anilines is 2. The van der Waals surface area contributed by atoms with Crippen LogP contribution in [0.2, 0.25) is 0 Å². The summed E-state index contributed by atoms with van der Waals surface area (Å²) < 4.78 is 11.1. The molecule has 3 aromatic carbocycles. The Morgan fingerprint density at radius 2 is 1.74 bits per heavy atom. The van der Waals surface area contributed by atoms with Crippen molar-refractivity contribution in [2.75, 3.05) is 16.9 Å². The standard InChI is InChI=1S/C32H23N3O6S/c1-17-13-14-23-20(15-17)25(36)24-26(41-23)28(37)35(31-33-18(2)27(42-31)29(38)40-3)32(24)21-11-7-8-12-22(21)34(30(32)39)16-19-9-5-4-6-10-19/h4-15H,16H2,1-3H3. The molecule has 9 nitrogen and oxygen atoms in total. The van der Waals surface area contributed by atoms with Crippen LogP contribution in [0, 0.1) is 13.8 Å². The predicted octanol–water partition coefficient (Wildman–Crippen LogP) is 5.10. The third kappa shape index (κ3) is 3.38. The van der Waals surface area contributed by atoms with Gasteiger partial charge >= 0.3 is 5.97 Å². The van der Waals surface area contributed by atoms with Crippen molar-refractivity contribution in [3.05, 3.63) is 122 Å². The molecule has 10 heteroatoms. The van der Waals surface area contributed by atoms with Crippen LogP contribution >= 0.6 is 11.3 Å². The fourth-order valence-electron chi connectivity index (χ4n) is 5.96. The number of nitrogens with zero attached hydrogens (tertiary/aromatic N) is 3. The summed E-state index contributed by atoms with van der Waals surface area (Å²) in [6, 6.07) is 21.7. The Balaban J connectivity index is 1.57. The SMILES string of the molecule is COC(=O)c1sc(N2C(=O)c3oc4ccc(C)cc4c(=O)c3C23C(=O)N(Cc2ccccc2)c2ccccc23)nc1C. The van der Waals surface area contributed by atoms with Crippen molar-refractivity contribution in [1.29, 1.82) is 0 Å². The fraction of sp³-hybridized carbons (Fsp3) is 0.156. The third-order valence-electron chi connectivity index (χ3n) is 7.81. The van der Waals surface area contributed by atoms with Gasteiger partial charge in [-0.25, -0.2) is 9.78 Å². The number of carbonyl (C=O) groups is 3. The van der Waals surface area contributed by atoms with Crippen LogP contribution in [0.4, 0.5) is 10.8 Å². The zero-order chi connectivity index (χ0) is 29.3. The number of aryl methyl sites for hydroxylation is 2. The van der Waals surface area contributed by atoms with Crippen LogP contribution in [0.25, 0.3) is 11.0 Å². The molecule has 208 valence electrons. The van der Waals surface area contributed by atoms with E-state index in [2.05, 4.69) is 4.98 Å². The number of aromatic nitrogens is 1. The summed E-state index contributed by atoms with van der Waals surface area (Å²) in [4.78, 5) is 63.8. The van der Waals surface area contributed by atoms with E-state index in [0.29, 0.717) is 16.9 Å². The normalized spacial score (nSPS) is 17.3. The molecule has 0 radical (unpaired) electrons. The molecule has 0 bridgehead atoms. The van der Waals surface area contributed by atoms with Gasteiger partial charge in [-0.3, -0.25) is 19.3 Å². The van der Waals surface area contributed by atoms with Gasteiger partial charge in [0.05, 0.1) is 36.0 Å². The highest BCUT2D eigenvalue weighted by Gasteiger charge is 2.66. The maximum absolute atomic E-state index is 15.0. The molecule has 1 atom stereocenters. The van der Waals surface area contributed by atoms with Crippen LogP contribution in [-0.4, -0.2) is 29.9 Å². The van der Waals surface area contributed by atoms with E-state index in [-0.39, 0.29) is 38.8 Å². The number of para-hydroxylation sites is 1. The maximum atomic E-state index is 15.0. The molecule has 1 unspecified atom stereocenters. The van der Waals surface area contributed by atoms with E-state index in [1.807, 2.05) is 37.3 Å². The first-order chi connectivity index (χ1) is 20.3. The van der Waals surface area contributed by atoms with Gasteiger partial charge < -0.3 is 14.1 Å². The Hall–Kier alpha value is -5.09. The highest BCUT2D eigenvalue weighted by atomic mass is 32.1. The van der Waals surface area contributed by atoms with Crippen molar-refractivity contribution in [2.24, 2.45) is 0 Å². The van der Waals surface area contributed by atoms with Crippen molar-refractivity contribution in [1.82, 2.24) is 4.98 Å². The number of fused-ring (bicyclic) bond motifs is 5. The lowest BCUT2D eigenvalue weighted by atomic mass is 9.84. The smallest absolute Gasteiger partial charge is 0.350 e. The highest BCUT2D eigenvalue weighted by Crippen LogP contribution is 2.55. The van der Waals surface area contributed by atoms with Crippen molar-refractivity contribution in [2.45, 2.75) is 25.9 Å². The molecule has 0 N–H and O–H groups in total. The number of carbonyl (C=O) groups excluding carboxylic acids is 3. The second kappa shape index (κ2) is 9.22. The molecule has 1 spiro atoms. The molecule has 7 rings (SSSR count). The minimum atomic E-state index is -1.91. The van der Waals surface area contributed by atoms with Gasteiger partial charge in [0.2, 0.25) is 5.76 Å². The summed E-state index contributed by atoms with van der Waals surface area (Å²) >= 11 is 0.924. The average molecular weight is 578 g/mol. The quantitative estimate of drug-likeness (QED) is 0.273. The van der Waals surface area contributed by atoms with Crippen molar-refractivity contribution < 1.29 is 23.5 Å². The number of amides is 2. The summed E-state index contributed by atoms with van der Waals surface area (Å²) in [6.07, 6.45) is 0. The number of esters is 1. The minimum absolute atomic E-state index is 0.0638. The van der Waals surface area contributed by atoms with Gasteiger partial charge in [0.25, 0.3) is 11.8 Å². The molecule has 42 heavy (non-hydrogen) atoms. The largest absolute Gasteiger partial charge is 0.465 e. The molecule has 0 aliphatic carbocycles. The number of methoxy groups -OCH3 is 1. The number of benzene rings is 3. The van der Waals surface area contributed by atoms with Gasteiger partial charge in [-0.2, -0.15) is 0 Å². The van der Waals surface area contributed by atoms with Gasteiger partial charge in [0, 0.05) is 5.56 Å². The number of rotatable bonds is 4. The van der Waals surface area contributed by atoms with Crippen LogP contribution in [0.15, 0.2) is 82.0 Å². The molecule has 0 saturated carbocycles.